The van der Waals surface area contributed by atoms with E-state index in [2.05, 4.69) is 15.9 Å². The largest absolute Gasteiger partial charge is 0.398 e. The number of benzene rings is 1. The Morgan fingerprint density at radius 2 is 2.23 bits per heavy atom. The Hall–Kier alpha value is -0.540. The molecule has 1 atom stereocenters. The van der Waals surface area contributed by atoms with Crippen LogP contribution in [-0.2, 0) is 4.79 Å². The Morgan fingerprint density at radius 3 is 2.77 bits per heavy atom. The highest BCUT2D eigenvalue weighted by Gasteiger charge is 2.16. The van der Waals surface area contributed by atoms with E-state index in [-0.39, 0.29) is 5.78 Å². The summed E-state index contributed by atoms with van der Waals surface area (Å²) in [6.07, 6.45) is 0. The van der Waals surface area contributed by atoms with Crippen LogP contribution >= 0.6 is 27.5 Å². The summed E-state index contributed by atoms with van der Waals surface area (Å²) in [6, 6.07) is 5.36. The van der Waals surface area contributed by atoms with Gasteiger partial charge in [0.15, 0.2) is 5.78 Å². The summed E-state index contributed by atoms with van der Waals surface area (Å²) in [5.41, 5.74) is 6.92. The number of hydrogen-bond acceptors (Lipinski definition) is 2. The van der Waals surface area contributed by atoms with Gasteiger partial charge in [-0.2, -0.15) is 0 Å². The number of nitrogen functional groups attached to an aromatic ring is 1. The lowest BCUT2D eigenvalue weighted by Crippen LogP contribution is -2.05. The summed E-state index contributed by atoms with van der Waals surface area (Å²) in [4.78, 5) is 11.0. The van der Waals surface area contributed by atoms with E-state index in [1.54, 1.807) is 12.1 Å². The van der Waals surface area contributed by atoms with Crippen LogP contribution < -0.4 is 5.73 Å². The van der Waals surface area contributed by atoms with E-state index < -0.39 is 5.38 Å². The summed E-state index contributed by atoms with van der Waals surface area (Å²) >= 11 is 9.14. The molecule has 2 nitrogen and oxygen atoms in total. The molecular formula is C9H9BrClNO. The normalized spacial score (nSPS) is 12.5. The highest BCUT2D eigenvalue weighted by atomic mass is 79.9. The van der Waals surface area contributed by atoms with Crippen LogP contribution in [0.5, 0.6) is 0 Å². The summed E-state index contributed by atoms with van der Waals surface area (Å²) in [5.74, 6) is -0.105. The number of rotatable bonds is 2. The Morgan fingerprint density at radius 1 is 1.62 bits per heavy atom. The fraction of sp³-hybridized carbons (Fsp3) is 0.222. The third kappa shape index (κ3) is 2.23. The maximum Gasteiger partial charge on any atom is 0.152 e. The van der Waals surface area contributed by atoms with Crippen LogP contribution in [0.2, 0.25) is 0 Å². The summed E-state index contributed by atoms with van der Waals surface area (Å²) in [6.45, 7) is 1.44. The number of Topliss-reactive ketones (excluding diaryl/α,β-unsaturated/α-hetero) is 1. The molecule has 0 amide bonds. The van der Waals surface area contributed by atoms with E-state index in [0.717, 1.165) is 4.47 Å². The summed E-state index contributed by atoms with van der Waals surface area (Å²) in [7, 11) is 0. The molecule has 1 aromatic rings. The number of halogens is 2. The maximum absolute atomic E-state index is 11.0. The highest BCUT2D eigenvalue weighted by Crippen LogP contribution is 2.31. The fourth-order valence-electron chi connectivity index (χ4n) is 0.994. The second-order valence-corrected chi connectivity index (χ2v) is 4.01. The van der Waals surface area contributed by atoms with Crippen molar-refractivity contribution >= 4 is 39.0 Å². The van der Waals surface area contributed by atoms with Crippen LogP contribution in [0.4, 0.5) is 5.69 Å². The lowest BCUT2D eigenvalue weighted by atomic mass is 10.1. The standard InChI is InChI=1S/C9H9BrClNO/c1-5(13)8(11)6-3-2-4-7(10)9(6)12/h2-4,8H,12H2,1H3. The van der Waals surface area contributed by atoms with E-state index in [9.17, 15) is 4.79 Å². The number of anilines is 1. The van der Waals surface area contributed by atoms with Gasteiger partial charge in [-0.05, 0) is 28.9 Å². The van der Waals surface area contributed by atoms with Crippen molar-refractivity contribution in [3.63, 3.8) is 0 Å². The summed E-state index contributed by atoms with van der Waals surface area (Å²) < 4.78 is 0.761. The van der Waals surface area contributed by atoms with Gasteiger partial charge < -0.3 is 5.73 Å². The van der Waals surface area contributed by atoms with E-state index in [1.165, 1.54) is 6.92 Å². The van der Waals surface area contributed by atoms with Crippen molar-refractivity contribution in [2.75, 3.05) is 5.73 Å². The molecule has 1 unspecified atom stereocenters. The van der Waals surface area contributed by atoms with Crippen LogP contribution in [0, 0.1) is 0 Å². The number of carbonyl (C=O) groups is 1. The van der Waals surface area contributed by atoms with E-state index in [1.807, 2.05) is 6.07 Å². The van der Waals surface area contributed by atoms with Gasteiger partial charge in [0.1, 0.15) is 5.38 Å². The third-order valence-electron chi connectivity index (χ3n) is 1.72. The molecule has 4 heteroatoms. The summed E-state index contributed by atoms with van der Waals surface area (Å²) in [5, 5.41) is -0.655. The van der Waals surface area contributed by atoms with Crippen molar-refractivity contribution in [1.82, 2.24) is 0 Å². The zero-order valence-corrected chi connectivity index (χ0v) is 9.39. The van der Waals surface area contributed by atoms with Gasteiger partial charge >= 0.3 is 0 Å². The molecule has 0 radical (unpaired) electrons. The first-order valence-corrected chi connectivity index (χ1v) is 4.95. The smallest absolute Gasteiger partial charge is 0.152 e. The molecule has 1 aromatic carbocycles. The van der Waals surface area contributed by atoms with Gasteiger partial charge in [0.05, 0.1) is 5.69 Å². The van der Waals surface area contributed by atoms with Crippen molar-refractivity contribution in [2.24, 2.45) is 0 Å². The molecule has 2 N–H and O–H groups in total. The Labute approximate surface area is 90.2 Å². The number of ketones is 1. The number of para-hydroxylation sites is 1. The van der Waals surface area contributed by atoms with Gasteiger partial charge in [-0.1, -0.05) is 12.1 Å². The lowest BCUT2D eigenvalue weighted by Gasteiger charge is -2.10. The minimum absolute atomic E-state index is 0.105. The maximum atomic E-state index is 11.0. The first kappa shape index (κ1) is 10.5. The molecule has 0 spiro atoms. The molecule has 0 aromatic heterocycles. The molecule has 0 aliphatic carbocycles. The van der Waals surface area contributed by atoms with Gasteiger partial charge in [-0.15, -0.1) is 11.6 Å². The predicted octanol–water partition coefficient (Wildman–Crippen LogP) is 2.90. The monoisotopic (exact) mass is 261 g/mol. The van der Waals surface area contributed by atoms with Gasteiger partial charge in [-0.25, -0.2) is 0 Å². The number of hydrogen-bond donors (Lipinski definition) is 1. The first-order valence-electron chi connectivity index (χ1n) is 3.72. The van der Waals surface area contributed by atoms with Crippen molar-refractivity contribution in [3.8, 4) is 0 Å². The van der Waals surface area contributed by atoms with E-state index >= 15 is 0 Å². The third-order valence-corrected chi connectivity index (χ3v) is 2.95. The van der Waals surface area contributed by atoms with Gasteiger partial charge in [-0.3, -0.25) is 4.79 Å². The second-order valence-electron chi connectivity index (χ2n) is 2.72. The van der Waals surface area contributed by atoms with Crippen LogP contribution in [0.1, 0.15) is 17.9 Å². The average Bonchev–Trinajstić information content (AvgIpc) is 2.08. The fourth-order valence-corrected chi connectivity index (χ4v) is 1.57. The molecule has 0 aliphatic heterocycles. The van der Waals surface area contributed by atoms with E-state index in [4.69, 9.17) is 17.3 Å². The van der Waals surface area contributed by atoms with Crippen LogP contribution in [0.25, 0.3) is 0 Å². The Bertz CT molecular complexity index is 340. The molecule has 0 aliphatic rings. The zero-order valence-electron chi connectivity index (χ0n) is 7.05. The van der Waals surface area contributed by atoms with Gasteiger partial charge in [0, 0.05) is 10.0 Å². The number of alkyl halides is 1. The average molecular weight is 263 g/mol. The molecule has 0 fully saturated rings. The van der Waals surface area contributed by atoms with Crippen molar-refractivity contribution in [3.05, 3.63) is 28.2 Å². The molecule has 0 saturated carbocycles. The molecule has 13 heavy (non-hydrogen) atoms. The highest BCUT2D eigenvalue weighted by molar-refractivity contribution is 9.10. The molecule has 70 valence electrons. The van der Waals surface area contributed by atoms with E-state index in [0.29, 0.717) is 11.3 Å². The van der Waals surface area contributed by atoms with Gasteiger partial charge in [0.2, 0.25) is 0 Å². The van der Waals surface area contributed by atoms with Crippen LogP contribution in [-0.4, -0.2) is 5.78 Å². The van der Waals surface area contributed by atoms with Crippen molar-refractivity contribution in [2.45, 2.75) is 12.3 Å². The molecular weight excluding hydrogens is 253 g/mol. The zero-order chi connectivity index (χ0) is 10.0. The second kappa shape index (κ2) is 4.11. The molecule has 0 saturated heterocycles. The first-order chi connectivity index (χ1) is 6.04. The quantitative estimate of drug-likeness (QED) is 0.658. The van der Waals surface area contributed by atoms with Crippen LogP contribution in [0.15, 0.2) is 22.7 Å². The number of carbonyl (C=O) groups excluding carboxylic acids is 1. The Kier molecular flexibility index (Phi) is 3.33. The molecule has 1 rings (SSSR count). The predicted molar refractivity (Wildman–Crippen MR) is 57.8 cm³/mol. The van der Waals surface area contributed by atoms with Crippen molar-refractivity contribution < 1.29 is 4.79 Å². The minimum atomic E-state index is -0.655. The molecule has 0 bridgehead atoms. The topological polar surface area (TPSA) is 43.1 Å². The Balaban J connectivity index is 3.15. The van der Waals surface area contributed by atoms with Gasteiger partial charge in [0.25, 0.3) is 0 Å². The SMILES string of the molecule is CC(=O)C(Cl)c1cccc(Br)c1N. The lowest BCUT2D eigenvalue weighted by molar-refractivity contribution is -0.116. The van der Waals surface area contributed by atoms with Crippen molar-refractivity contribution in [1.29, 1.82) is 0 Å². The molecule has 0 heterocycles. The van der Waals surface area contributed by atoms with Crippen LogP contribution in [0.3, 0.4) is 0 Å². The minimum Gasteiger partial charge on any atom is -0.398 e. The number of nitrogens with two attached hydrogens (primary N) is 1.